The van der Waals surface area contributed by atoms with Crippen LogP contribution in [0.2, 0.25) is 0 Å². The molecule has 1 aliphatic rings. The summed E-state index contributed by atoms with van der Waals surface area (Å²) in [6.07, 6.45) is 3.90. The second-order valence-corrected chi connectivity index (χ2v) is 8.61. The third kappa shape index (κ3) is 6.63. The molecule has 3 N–H and O–H groups in total. The highest BCUT2D eigenvalue weighted by molar-refractivity contribution is 7.10. The van der Waals surface area contributed by atoms with Gasteiger partial charge in [-0.1, -0.05) is 36.4 Å². The van der Waals surface area contributed by atoms with Gasteiger partial charge in [-0.15, -0.1) is 11.3 Å². The number of nitrogens with zero attached hydrogens (tertiary/aromatic N) is 2. The van der Waals surface area contributed by atoms with E-state index in [0.29, 0.717) is 37.9 Å². The number of allylic oxidation sites excluding steroid dienone is 1. The minimum absolute atomic E-state index is 0.0466. The Kier molecular flexibility index (Phi) is 8.58. The topological polar surface area (TPSA) is 98.2 Å². The monoisotopic (exact) mass is 487 g/mol. The van der Waals surface area contributed by atoms with Gasteiger partial charge in [0.15, 0.2) is 11.6 Å². The second-order valence-electron chi connectivity index (χ2n) is 7.26. The predicted molar refractivity (Wildman–Crippen MR) is 128 cm³/mol. The molecule has 1 fully saturated rings. The molecule has 2 amide bonds. The summed E-state index contributed by atoms with van der Waals surface area (Å²) < 4.78 is 14.5. The summed E-state index contributed by atoms with van der Waals surface area (Å²) in [7, 11) is 0. The number of carbonyl (C=O) groups is 2. The number of anilines is 1. The van der Waals surface area contributed by atoms with E-state index in [1.807, 2.05) is 24.4 Å². The summed E-state index contributed by atoms with van der Waals surface area (Å²) >= 11 is 7.56. The maximum Gasteiger partial charge on any atom is 0.274 e. The zero-order chi connectivity index (χ0) is 23.8. The van der Waals surface area contributed by atoms with Crippen LogP contribution < -0.4 is 10.6 Å². The molecule has 0 bridgehead atoms. The van der Waals surface area contributed by atoms with Gasteiger partial charge in [-0.2, -0.15) is 0 Å². The number of likely N-dealkylation sites (tertiary alicyclic amines) is 1. The molecule has 0 atom stereocenters. The van der Waals surface area contributed by atoms with Crippen molar-refractivity contribution in [1.82, 2.24) is 15.2 Å². The van der Waals surface area contributed by atoms with Crippen LogP contribution in [-0.2, 0) is 9.59 Å². The zero-order valence-electron chi connectivity index (χ0n) is 18.0. The van der Waals surface area contributed by atoms with Crippen LogP contribution in [0.3, 0.4) is 0 Å². The maximum atomic E-state index is 14.5. The van der Waals surface area contributed by atoms with Gasteiger partial charge in [-0.25, -0.2) is 9.37 Å². The summed E-state index contributed by atoms with van der Waals surface area (Å²) in [5.41, 5.74) is 0.327. The van der Waals surface area contributed by atoms with Crippen molar-refractivity contribution in [2.45, 2.75) is 32.2 Å². The average molecular weight is 488 g/mol. The Hall–Kier alpha value is -3.22. The SMILES string of the molecule is CCC(=O)N1CCC(N/C(C(=O)Nc2ncc(C#Cc3cccs3)cc2F)=C(/Cl)C=N)CC1. The van der Waals surface area contributed by atoms with Gasteiger partial charge >= 0.3 is 0 Å². The van der Waals surface area contributed by atoms with Gasteiger partial charge in [0.2, 0.25) is 5.91 Å². The fourth-order valence-corrected chi connectivity index (χ4v) is 3.98. The van der Waals surface area contributed by atoms with E-state index < -0.39 is 11.7 Å². The molecule has 33 heavy (non-hydrogen) atoms. The van der Waals surface area contributed by atoms with E-state index in [-0.39, 0.29) is 28.5 Å². The van der Waals surface area contributed by atoms with E-state index in [2.05, 4.69) is 27.5 Å². The lowest BCUT2D eigenvalue weighted by Crippen LogP contribution is -2.46. The molecule has 0 aliphatic carbocycles. The quantitative estimate of drug-likeness (QED) is 0.328. The highest BCUT2D eigenvalue weighted by atomic mass is 35.5. The first-order valence-corrected chi connectivity index (χ1v) is 11.6. The van der Waals surface area contributed by atoms with Crippen LogP contribution in [0.5, 0.6) is 0 Å². The van der Waals surface area contributed by atoms with Crippen LogP contribution in [0.15, 0.2) is 40.5 Å². The third-order valence-corrected chi connectivity index (χ3v) is 6.10. The predicted octanol–water partition coefficient (Wildman–Crippen LogP) is 3.71. The van der Waals surface area contributed by atoms with Gasteiger partial charge in [0.1, 0.15) is 5.70 Å². The van der Waals surface area contributed by atoms with Gasteiger partial charge in [-0.05, 0) is 30.4 Å². The summed E-state index contributed by atoms with van der Waals surface area (Å²) in [6.45, 7) is 2.94. The second kappa shape index (κ2) is 11.6. The van der Waals surface area contributed by atoms with Crippen molar-refractivity contribution in [2.24, 2.45) is 0 Å². The average Bonchev–Trinajstić information content (AvgIpc) is 3.35. The maximum absolute atomic E-state index is 14.5. The van der Waals surface area contributed by atoms with Crippen LogP contribution in [0.1, 0.15) is 36.6 Å². The molecule has 7 nitrogen and oxygen atoms in total. The standard InChI is InChI=1S/C23H23ClFN5O2S/c1-2-20(31)30-9-7-16(8-10-30)28-21(18(24)13-26)23(32)29-22-19(25)12-15(14-27-22)5-6-17-4-3-11-33-17/h3-4,11-14,16,26,28H,2,7-10H2,1H3,(H,27,29,32)/b21-18+,26-13?. The molecule has 0 saturated carbocycles. The van der Waals surface area contributed by atoms with Crippen LogP contribution >= 0.6 is 22.9 Å². The number of halogens is 2. The normalized spacial score (nSPS) is 14.6. The van der Waals surface area contributed by atoms with Crippen molar-refractivity contribution in [2.75, 3.05) is 18.4 Å². The molecule has 10 heteroatoms. The number of piperidine rings is 1. The summed E-state index contributed by atoms with van der Waals surface area (Å²) in [5.74, 6) is 4.13. The van der Waals surface area contributed by atoms with Crippen molar-refractivity contribution < 1.29 is 14.0 Å². The Bertz CT molecular complexity index is 1120. The van der Waals surface area contributed by atoms with Gasteiger partial charge in [0, 0.05) is 43.5 Å². The van der Waals surface area contributed by atoms with E-state index >= 15 is 0 Å². The summed E-state index contributed by atoms with van der Waals surface area (Å²) in [4.78, 5) is 31.3. The van der Waals surface area contributed by atoms with Gasteiger partial charge in [0.05, 0.1) is 9.91 Å². The summed E-state index contributed by atoms with van der Waals surface area (Å²) in [6, 6.07) is 4.81. The Morgan fingerprint density at radius 2 is 2.15 bits per heavy atom. The minimum Gasteiger partial charge on any atom is -0.376 e. The molecule has 172 valence electrons. The van der Waals surface area contributed by atoms with Crippen molar-refractivity contribution in [3.8, 4) is 11.8 Å². The Labute approximate surface area is 200 Å². The molecule has 3 heterocycles. The molecule has 0 radical (unpaired) electrons. The highest BCUT2D eigenvalue weighted by Gasteiger charge is 2.25. The van der Waals surface area contributed by atoms with E-state index in [0.717, 1.165) is 11.1 Å². The fourth-order valence-electron chi connectivity index (χ4n) is 3.27. The first-order valence-electron chi connectivity index (χ1n) is 10.4. The van der Waals surface area contributed by atoms with E-state index in [9.17, 15) is 14.0 Å². The molecule has 3 rings (SSSR count). The fraction of sp³-hybridized carbons (Fsp3) is 0.304. The van der Waals surface area contributed by atoms with Crippen LogP contribution in [-0.4, -0.2) is 47.0 Å². The Balaban J connectivity index is 1.67. The number of rotatable bonds is 6. The van der Waals surface area contributed by atoms with Crippen LogP contribution in [0.25, 0.3) is 0 Å². The largest absolute Gasteiger partial charge is 0.376 e. The van der Waals surface area contributed by atoms with Gasteiger partial charge < -0.3 is 20.9 Å². The van der Waals surface area contributed by atoms with Crippen LogP contribution in [0, 0.1) is 23.1 Å². The number of aromatic nitrogens is 1. The lowest BCUT2D eigenvalue weighted by atomic mass is 10.0. The molecule has 0 aromatic carbocycles. The van der Waals surface area contributed by atoms with E-state index in [4.69, 9.17) is 17.0 Å². The van der Waals surface area contributed by atoms with E-state index in [1.165, 1.54) is 23.6 Å². The number of amides is 2. The molecule has 2 aromatic rings. The first kappa shape index (κ1) is 24.4. The van der Waals surface area contributed by atoms with Crippen molar-refractivity contribution in [3.63, 3.8) is 0 Å². The van der Waals surface area contributed by atoms with Crippen LogP contribution in [0.4, 0.5) is 10.2 Å². The molecule has 0 unspecified atom stereocenters. The lowest BCUT2D eigenvalue weighted by molar-refractivity contribution is -0.132. The molecular formula is C23H23ClFN5O2S. The van der Waals surface area contributed by atoms with Crippen molar-refractivity contribution >= 4 is 46.8 Å². The number of nitrogens with one attached hydrogen (secondary N) is 3. The number of carbonyl (C=O) groups excluding carboxylic acids is 2. The molecule has 1 aliphatic heterocycles. The number of thiophene rings is 1. The first-order chi connectivity index (χ1) is 15.9. The highest BCUT2D eigenvalue weighted by Crippen LogP contribution is 2.18. The smallest absolute Gasteiger partial charge is 0.274 e. The lowest BCUT2D eigenvalue weighted by Gasteiger charge is -2.33. The third-order valence-electron chi connectivity index (χ3n) is 5.02. The van der Waals surface area contributed by atoms with Gasteiger partial charge in [0.25, 0.3) is 5.91 Å². The van der Waals surface area contributed by atoms with Gasteiger partial charge in [-0.3, -0.25) is 9.59 Å². The molecular weight excluding hydrogens is 465 g/mol. The minimum atomic E-state index is -0.738. The zero-order valence-corrected chi connectivity index (χ0v) is 19.5. The Morgan fingerprint density at radius 3 is 2.76 bits per heavy atom. The summed E-state index contributed by atoms with van der Waals surface area (Å²) in [5, 5.41) is 14.7. The van der Waals surface area contributed by atoms with Crippen molar-refractivity contribution in [1.29, 1.82) is 5.41 Å². The molecule has 0 spiro atoms. The van der Waals surface area contributed by atoms with Crippen molar-refractivity contribution in [3.05, 3.63) is 56.8 Å². The number of pyridine rings is 1. The van der Waals surface area contributed by atoms with E-state index in [1.54, 1.807) is 4.90 Å². The number of hydrogen-bond acceptors (Lipinski definition) is 6. The Morgan fingerprint density at radius 1 is 1.39 bits per heavy atom. The molecule has 2 aromatic heterocycles. The number of hydrogen-bond donors (Lipinski definition) is 3. The molecule has 1 saturated heterocycles.